The molecule has 0 amide bonds. The zero-order valence-electron chi connectivity index (χ0n) is 7.90. The first-order valence-corrected chi connectivity index (χ1v) is 4.62. The quantitative estimate of drug-likeness (QED) is 0.632. The average molecular weight is 199 g/mol. The van der Waals surface area contributed by atoms with Crippen molar-refractivity contribution in [3.63, 3.8) is 0 Å². The molecule has 0 aliphatic rings. The summed E-state index contributed by atoms with van der Waals surface area (Å²) in [7, 11) is 0. The highest BCUT2D eigenvalue weighted by atomic mass is 16.5. The molecule has 0 radical (unpaired) electrons. The van der Waals surface area contributed by atoms with Gasteiger partial charge in [-0.3, -0.25) is 0 Å². The highest BCUT2D eigenvalue weighted by molar-refractivity contribution is 5.86. The van der Waals surface area contributed by atoms with Crippen molar-refractivity contribution < 1.29 is 4.52 Å². The van der Waals surface area contributed by atoms with Crippen LogP contribution < -0.4 is 5.73 Å². The summed E-state index contributed by atoms with van der Waals surface area (Å²) in [6.07, 6.45) is 3.54. The van der Waals surface area contributed by atoms with E-state index in [9.17, 15) is 0 Å². The molecule has 3 aromatic rings. The number of aromatic amines is 1. The third-order valence-electron chi connectivity index (χ3n) is 2.46. The molecule has 2 heterocycles. The van der Waals surface area contributed by atoms with Crippen LogP contribution in [0.15, 0.2) is 41.2 Å². The normalized spacial score (nSPS) is 10.9. The number of rotatable bonds is 1. The van der Waals surface area contributed by atoms with Crippen molar-refractivity contribution in [3.8, 4) is 11.1 Å². The van der Waals surface area contributed by atoms with Crippen molar-refractivity contribution >= 4 is 16.8 Å². The van der Waals surface area contributed by atoms with Gasteiger partial charge in [0.05, 0.1) is 11.8 Å². The molecule has 3 N–H and O–H groups in total. The molecule has 0 aliphatic heterocycles. The van der Waals surface area contributed by atoms with E-state index in [2.05, 4.69) is 16.2 Å². The van der Waals surface area contributed by atoms with E-state index >= 15 is 0 Å². The second-order valence-corrected chi connectivity index (χ2v) is 3.38. The standard InChI is InChI=1S/C11H9N3O/c12-11-9(6-14-15-11)7-1-2-10-8(5-7)3-4-13-10/h1-6,13H,12H2. The molecule has 4 heteroatoms. The average Bonchev–Trinajstić information content (AvgIpc) is 2.84. The summed E-state index contributed by atoms with van der Waals surface area (Å²) in [6.45, 7) is 0. The van der Waals surface area contributed by atoms with Gasteiger partial charge in [-0.25, -0.2) is 0 Å². The Morgan fingerprint density at radius 1 is 1.27 bits per heavy atom. The second kappa shape index (κ2) is 2.88. The van der Waals surface area contributed by atoms with E-state index < -0.39 is 0 Å². The summed E-state index contributed by atoms with van der Waals surface area (Å²) >= 11 is 0. The Balaban J connectivity index is 2.23. The molecule has 0 saturated heterocycles. The lowest BCUT2D eigenvalue weighted by atomic mass is 10.1. The first-order chi connectivity index (χ1) is 7.34. The molecule has 0 atom stereocenters. The Morgan fingerprint density at radius 2 is 2.20 bits per heavy atom. The molecular weight excluding hydrogens is 190 g/mol. The summed E-state index contributed by atoms with van der Waals surface area (Å²) in [6, 6.07) is 8.07. The maximum atomic E-state index is 5.65. The minimum Gasteiger partial charge on any atom is -0.367 e. The maximum Gasteiger partial charge on any atom is 0.229 e. The molecule has 74 valence electrons. The minimum atomic E-state index is 0.352. The summed E-state index contributed by atoms with van der Waals surface area (Å²) < 4.78 is 4.83. The van der Waals surface area contributed by atoms with E-state index in [0.717, 1.165) is 22.0 Å². The number of hydrogen-bond acceptors (Lipinski definition) is 3. The van der Waals surface area contributed by atoms with E-state index in [4.69, 9.17) is 10.3 Å². The summed E-state index contributed by atoms with van der Waals surface area (Å²) in [5.41, 5.74) is 8.61. The van der Waals surface area contributed by atoms with Crippen molar-refractivity contribution in [2.75, 3.05) is 5.73 Å². The molecule has 0 unspecified atom stereocenters. The van der Waals surface area contributed by atoms with E-state index in [0.29, 0.717) is 5.88 Å². The number of benzene rings is 1. The van der Waals surface area contributed by atoms with Gasteiger partial charge < -0.3 is 15.2 Å². The van der Waals surface area contributed by atoms with Gasteiger partial charge in [0.1, 0.15) is 0 Å². The SMILES string of the molecule is Nc1oncc1-c1ccc2[nH]ccc2c1. The van der Waals surface area contributed by atoms with Crippen LogP contribution in [0, 0.1) is 0 Å². The maximum absolute atomic E-state index is 5.65. The Kier molecular flexibility index (Phi) is 1.56. The smallest absolute Gasteiger partial charge is 0.229 e. The number of hydrogen-bond donors (Lipinski definition) is 2. The number of nitrogen functional groups attached to an aromatic ring is 1. The summed E-state index contributed by atoms with van der Waals surface area (Å²) in [5.74, 6) is 0.352. The zero-order valence-corrected chi connectivity index (χ0v) is 7.90. The number of nitrogens with two attached hydrogens (primary N) is 1. The molecular formula is C11H9N3O. The van der Waals surface area contributed by atoms with Crippen LogP contribution in [-0.2, 0) is 0 Å². The lowest BCUT2D eigenvalue weighted by Gasteiger charge is -1.97. The van der Waals surface area contributed by atoms with Crippen LogP contribution in [-0.4, -0.2) is 10.1 Å². The molecule has 0 saturated carbocycles. The van der Waals surface area contributed by atoms with E-state index in [1.54, 1.807) is 6.20 Å². The minimum absolute atomic E-state index is 0.352. The first-order valence-electron chi connectivity index (χ1n) is 4.62. The number of anilines is 1. The Labute approximate surface area is 85.7 Å². The van der Waals surface area contributed by atoms with Gasteiger partial charge in [0, 0.05) is 11.7 Å². The van der Waals surface area contributed by atoms with Gasteiger partial charge in [0.25, 0.3) is 0 Å². The van der Waals surface area contributed by atoms with E-state index in [1.165, 1.54) is 0 Å². The lowest BCUT2D eigenvalue weighted by Crippen LogP contribution is -1.84. The third-order valence-corrected chi connectivity index (χ3v) is 2.46. The van der Waals surface area contributed by atoms with Gasteiger partial charge in [0.2, 0.25) is 5.88 Å². The highest BCUT2D eigenvalue weighted by Crippen LogP contribution is 2.27. The van der Waals surface area contributed by atoms with Gasteiger partial charge in [-0.15, -0.1) is 0 Å². The molecule has 0 aliphatic carbocycles. The third kappa shape index (κ3) is 1.19. The molecule has 2 aromatic heterocycles. The van der Waals surface area contributed by atoms with E-state index in [1.807, 2.05) is 24.4 Å². The van der Waals surface area contributed by atoms with Gasteiger partial charge in [-0.2, -0.15) is 0 Å². The Hall–Kier alpha value is -2.23. The number of H-pyrrole nitrogens is 1. The molecule has 1 aromatic carbocycles. The predicted octanol–water partition coefficient (Wildman–Crippen LogP) is 2.41. The van der Waals surface area contributed by atoms with Crippen LogP contribution in [0.1, 0.15) is 0 Å². The molecule has 0 spiro atoms. The fraction of sp³-hybridized carbons (Fsp3) is 0. The molecule has 15 heavy (non-hydrogen) atoms. The van der Waals surface area contributed by atoms with Gasteiger partial charge in [-0.1, -0.05) is 11.2 Å². The van der Waals surface area contributed by atoms with Crippen LogP contribution in [0.4, 0.5) is 5.88 Å². The van der Waals surface area contributed by atoms with Crippen molar-refractivity contribution in [1.29, 1.82) is 0 Å². The monoisotopic (exact) mass is 199 g/mol. The predicted molar refractivity (Wildman–Crippen MR) is 58.2 cm³/mol. The summed E-state index contributed by atoms with van der Waals surface area (Å²) in [4.78, 5) is 3.14. The highest BCUT2D eigenvalue weighted by Gasteiger charge is 2.07. The fourth-order valence-corrected chi connectivity index (χ4v) is 1.69. The second-order valence-electron chi connectivity index (χ2n) is 3.38. The van der Waals surface area contributed by atoms with Crippen molar-refractivity contribution in [2.45, 2.75) is 0 Å². The van der Waals surface area contributed by atoms with Crippen LogP contribution in [0.25, 0.3) is 22.0 Å². The zero-order chi connectivity index (χ0) is 10.3. The van der Waals surface area contributed by atoms with Crippen LogP contribution >= 0.6 is 0 Å². The number of nitrogens with zero attached hydrogens (tertiary/aromatic N) is 1. The van der Waals surface area contributed by atoms with Gasteiger partial charge in [0.15, 0.2) is 0 Å². The fourth-order valence-electron chi connectivity index (χ4n) is 1.69. The number of aromatic nitrogens is 2. The van der Waals surface area contributed by atoms with Crippen molar-refractivity contribution in [3.05, 3.63) is 36.7 Å². The van der Waals surface area contributed by atoms with Gasteiger partial charge in [-0.05, 0) is 29.1 Å². The van der Waals surface area contributed by atoms with E-state index in [-0.39, 0.29) is 0 Å². The Bertz CT molecular complexity index is 609. The number of fused-ring (bicyclic) bond motifs is 1. The molecule has 0 bridgehead atoms. The van der Waals surface area contributed by atoms with Crippen LogP contribution in [0.5, 0.6) is 0 Å². The molecule has 4 nitrogen and oxygen atoms in total. The summed E-state index contributed by atoms with van der Waals surface area (Å²) in [5, 5.41) is 4.80. The largest absolute Gasteiger partial charge is 0.367 e. The van der Waals surface area contributed by atoms with Crippen LogP contribution in [0.3, 0.4) is 0 Å². The van der Waals surface area contributed by atoms with Crippen molar-refractivity contribution in [2.24, 2.45) is 0 Å². The number of nitrogens with one attached hydrogen (secondary N) is 1. The first kappa shape index (κ1) is 8.11. The van der Waals surface area contributed by atoms with Crippen molar-refractivity contribution in [1.82, 2.24) is 10.1 Å². The van der Waals surface area contributed by atoms with Gasteiger partial charge >= 0.3 is 0 Å². The molecule has 0 fully saturated rings. The Morgan fingerprint density at radius 3 is 3.00 bits per heavy atom. The topological polar surface area (TPSA) is 67.8 Å². The lowest BCUT2D eigenvalue weighted by molar-refractivity contribution is 0.436. The molecule has 3 rings (SSSR count). The van der Waals surface area contributed by atoms with Crippen LogP contribution in [0.2, 0.25) is 0 Å².